The molecule has 1 aromatic heterocycles. The summed E-state index contributed by atoms with van der Waals surface area (Å²) in [5.41, 5.74) is 0. The molecule has 3 fully saturated rings. The molecular weight excluding hydrogens is 454 g/mol. The molecule has 5 rings (SSSR count). The number of benzene rings is 1. The number of ether oxygens (including phenoxy) is 2. The van der Waals surface area contributed by atoms with Crippen molar-refractivity contribution in [3.05, 3.63) is 30.1 Å². The van der Waals surface area contributed by atoms with Crippen LogP contribution in [0.15, 0.2) is 33.7 Å². The number of nitrogens with zero attached hydrogens (tertiary/aromatic N) is 3. The van der Waals surface area contributed by atoms with E-state index >= 15 is 0 Å². The Bertz CT molecular complexity index is 1060. The van der Waals surface area contributed by atoms with Crippen molar-refractivity contribution in [2.24, 2.45) is 0 Å². The zero-order valence-electron chi connectivity index (χ0n) is 20.2. The van der Waals surface area contributed by atoms with Crippen molar-refractivity contribution >= 4 is 15.9 Å². The molecule has 186 valence electrons. The second kappa shape index (κ2) is 9.49. The highest BCUT2D eigenvalue weighted by Gasteiger charge is 2.44. The molecule has 2 aliphatic heterocycles. The highest BCUT2D eigenvalue weighted by molar-refractivity contribution is 7.90. The monoisotopic (exact) mass is 489 g/mol. The molecule has 0 radical (unpaired) electrons. The fourth-order valence-electron chi connectivity index (χ4n) is 5.63. The van der Waals surface area contributed by atoms with Gasteiger partial charge in [0.2, 0.25) is 0 Å². The van der Waals surface area contributed by atoms with Gasteiger partial charge < -0.3 is 18.9 Å². The number of fused-ring (bicyclic) bond motifs is 2. The van der Waals surface area contributed by atoms with Crippen molar-refractivity contribution < 1.29 is 22.4 Å². The summed E-state index contributed by atoms with van der Waals surface area (Å²) in [6.45, 7) is 4.16. The SMILES string of the molecule is CC(C)c1noc(N2C3CC[C@@H]2CC(O[C@H]2CC[C@H](Oc4ccc(S(C)(=O)=O)cc4)CC2)C3)n1. The Morgan fingerprint density at radius 1 is 0.941 bits per heavy atom. The third-order valence-electron chi connectivity index (χ3n) is 7.42. The molecule has 3 aliphatic rings. The molecule has 3 heterocycles. The first-order valence-corrected chi connectivity index (χ1v) is 14.4. The first-order chi connectivity index (χ1) is 16.3. The van der Waals surface area contributed by atoms with Crippen LogP contribution in [0.5, 0.6) is 5.75 Å². The van der Waals surface area contributed by atoms with Gasteiger partial charge in [0.1, 0.15) is 5.75 Å². The van der Waals surface area contributed by atoms with E-state index in [0.29, 0.717) is 23.0 Å². The molecule has 1 aromatic carbocycles. The number of anilines is 1. The van der Waals surface area contributed by atoms with E-state index in [9.17, 15) is 8.42 Å². The van der Waals surface area contributed by atoms with Gasteiger partial charge in [0.05, 0.1) is 23.2 Å². The molecule has 2 saturated heterocycles. The van der Waals surface area contributed by atoms with Crippen molar-refractivity contribution in [3.63, 3.8) is 0 Å². The zero-order chi connectivity index (χ0) is 23.9. The fraction of sp³-hybridized carbons (Fsp3) is 0.680. The summed E-state index contributed by atoms with van der Waals surface area (Å²) in [5, 5.41) is 4.15. The average molecular weight is 490 g/mol. The summed E-state index contributed by atoms with van der Waals surface area (Å²) < 4.78 is 41.5. The largest absolute Gasteiger partial charge is 0.490 e. The van der Waals surface area contributed by atoms with Gasteiger partial charge in [-0.15, -0.1) is 0 Å². The Labute approximate surface area is 201 Å². The molecule has 1 saturated carbocycles. The number of piperidine rings is 1. The van der Waals surface area contributed by atoms with E-state index in [0.717, 1.165) is 62.9 Å². The standard InChI is InChI=1S/C25H35N3O5S/c1-16(2)24-26-25(33-27-24)28-17-4-5-18(28)15-22(14-17)32-20-8-6-19(7-9-20)31-21-10-12-23(13-11-21)34(3,29)30/h10-13,16-20,22H,4-9,14-15H2,1-3H3/t17-,18?,19-,20-,22?/m1/s1. The van der Waals surface area contributed by atoms with E-state index in [1.807, 2.05) is 0 Å². The molecule has 0 N–H and O–H groups in total. The van der Waals surface area contributed by atoms with Crippen LogP contribution in [0.1, 0.15) is 77.0 Å². The highest BCUT2D eigenvalue weighted by Crippen LogP contribution is 2.41. The summed E-state index contributed by atoms with van der Waals surface area (Å²) in [5.74, 6) is 1.77. The van der Waals surface area contributed by atoms with Gasteiger partial charge in [0.25, 0.3) is 0 Å². The minimum Gasteiger partial charge on any atom is -0.490 e. The summed E-state index contributed by atoms with van der Waals surface area (Å²) in [7, 11) is -3.19. The van der Waals surface area contributed by atoms with Gasteiger partial charge in [-0.3, -0.25) is 0 Å². The molecule has 34 heavy (non-hydrogen) atoms. The predicted octanol–water partition coefficient (Wildman–Crippen LogP) is 4.50. The van der Waals surface area contributed by atoms with Gasteiger partial charge in [-0.25, -0.2) is 8.42 Å². The highest BCUT2D eigenvalue weighted by atomic mass is 32.2. The molecular formula is C25H35N3O5S. The van der Waals surface area contributed by atoms with Crippen LogP contribution < -0.4 is 9.64 Å². The number of hydrogen-bond acceptors (Lipinski definition) is 8. The summed E-state index contributed by atoms with van der Waals surface area (Å²) in [4.78, 5) is 7.30. The third-order valence-corrected chi connectivity index (χ3v) is 8.55. The minimum atomic E-state index is -3.19. The van der Waals surface area contributed by atoms with E-state index in [-0.39, 0.29) is 24.2 Å². The van der Waals surface area contributed by atoms with E-state index in [2.05, 4.69) is 28.9 Å². The molecule has 2 unspecified atom stereocenters. The smallest absolute Gasteiger partial charge is 0.324 e. The summed E-state index contributed by atoms with van der Waals surface area (Å²) >= 11 is 0. The Morgan fingerprint density at radius 3 is 2.12 bits per heavy atom. The second-order valence-corrected chi connectivity index (χ2v) is 12.4. The normalized spacial score (nSPS) is 29.5. The van der Waals surface area contributed by atoms with Gasteiger partial charge >= 0.3 is 6.01 Å². The lowest BCUT2D eigenvalue weighted by Gasteiger charge is -2.39. The van der Waals surface area contributed by atoms with Crippen molar-refractivity contribution in [2.45, 2.75) is 106 Å². The lowest BCUT2D eigenvalue weighted by molar-refractivity contribution is -0.0586. The van der Waals surface area contributed by atoms with Crippen LogP contribution >= 0.6 is 0 Å². The number of sulfone groups is 1. The van der Waals surface area contributed by atoms with Gasteiger partial charge in [-0.1, -0.05) is 19.0 Å². The molecule has 2 aromatic rings. The van der Waals surface area contributed by atoms with Crippen LogP contribution in [-0.2, 0) is 14.6 Å². The molecule has 2 bridgehead atoms. The fourth-order valence-corrected chi connectivity index (χ4v) is 6.26. The molecule has 1 aliphatic carbocycles. The van der Waals surface area contributed by atoms with Crippen molar-refractivity contribution in [3.8, 4) is 5.75 Å². The van der Waals surface area contributed by atoms with Gasteiger partial charge in [-0.05, 0) is 75.6 Å². The van der Waals surface area contributed by atoms with Crippen molar-refractivity contribution in [2.75, 3.05) is 11.2 Å². The second-order valence-electron chi connectivity index (χ2n) is 10.4. The maximum atomic E-state index is 11.6. The maximum Gasteiger partial charge on any atom is 0.324 e. The Kier molecular flexibility index (Phi) is 6.59. The van der Waals surface area contributed by atoms with E-state index in [1.54, 1.807) is 24.3 Å². The van der Waals surface area contributed by atoms with Crippen LogP contribution in [0.4, 0.5) is 6.01 Å². The molecule has 0 amide bonds. The van der Waals surface area contributed by atoms with Gasteiger partial charge in [0, 0.05) is 24.3 Å². The quantitative estimate of drug-likeness (QED) is 0.561. The molecule has 0 spiro atoms. The zero-order valence-corrected chi connectivity index (χ0v) is 21.0. The number of aromatic nitrogens is 2. The van der Waals surface area contributed by atoms with Crippen LogP contribution in [0.3, 0.4) is 0 Å². The maximum absolute atomic E-state index is 11.6. The van der Waals surface area contributed by atoms with Gasteiger partial charge in [-0.2, -0.15) is 4.98 Å². The van der Waals surface area contributed by atoms with Gasteiger partial charge in [0.15, 0.2) is 15.7 Å². The van der Waals surface area contributed by atoms with E-state index in [4.69, 9.17) is 14.0 Å². The third kappa shape index (κ3) is 5.10. The Balaban J connectivity index is 1.10. The number of rotatable bonds is 7. The van der Waals surface area contributed by atoms with Crippen LogP contribution in [0.25, 0.3) is 0 Å². The first-order valence-electron chi connectivity index (χ1n) is 12.5. The van der Waals surface area contributed by atoms with Crippen molar-refractivity contribution in [1.29, 1.82) is 0 Å². The minimum absolute atomic E-state index is 0.148. The topological polar surface area (TPSA) is 94.8 Å². The lowest BCUT2D eigenvalue weighted by atomic mass is 9.93. The Morgan fingerprint density at radius 2 is 1.56 bits per heavy atom. The Hall–Kier alpha value is -2.13. The number of hydrogen-bond donors (Lipinski definition) is 0. The van der Waals surface area contributed by atoms with E-state index in [1.165, 1.54) is 6.26 Å². The molecule has 8 nitrogen and oxygen atoms in total. The summed E-state index contributed by atoms with van der Waals surface area (Å²) in [6, 6.07) is 8.22. The van der Waals surface area contributed by atoms with Crippen LogP contribution in [0.2, 0.25) is 0 Å². The van der Waals surface area contributed by atoms with Crippen LogP contribution in [0, 0.1) is 0 Å². The molecule has 9 heteroatoms. The summed E-state index contributed by atoms with van der Waals surface area (Å²) in [6.07, 6.45) is 10.1. The molecule has 3 atom stereocenters. The van der Waals surface area contributed by atoms with Crippen LogP contribution in [-0.4, -0.2) is 55.2 Å². The van der Waals surface area contributed by atoms with E-state index < -0.39 is 9.84 Å². The predicted molar refractivity (Wildman–Crippen MR) is 128 cm³/mol. The average Bonchev–Trinajstić information content (AvgIpc) is 3.37. The lowest BCUT2D eigenvalue weighted by Crippen LogP contribution is -2.47. The van der Waals surface area contributed by atoms with Crippen molar-refractivity contribution in [1.82, 2.24) is 10.1 Å². The first kappa shape index (κ1) is 23.6.